The minimum absolute atomic E-state index is 0.0627. The molecule has 0 radical (unpaired) electrons. The molecule has 0 spiro atoms. The van der Waals surface area contributed by atoms with Crippen LogP contribution in [-0.2, 0) is 9.59 Å². The third-order valence-corrected chi connectivity index (χ3v) is 4.13. The molecule has 0 bridgehead atoms. The second kappa shape index (κ2) is 10.6. The molecule has 138 valence electrons. The van der Waals surface area contributed by atoms with Crippen molar-refractivity contribution < 1.29 is 19.6 Å². The summed E-state index contributed by atoms with van der Waals surface area (Å²) < 4.78 is 0. The van der Waals surface area contributed by atoms with E-state index in [-0.39, 0.29) is 24.2 Å². The number of benzene rings is 1. The van der Waals surface area contributed by atoms with E-state index < -0.39 is 12.0 Å². The first-order valence-corrected chi connectivity index (χ1v) is 8.71. The minimum Gasteiger partial charge on any atom is -0.342 e. The fourth-order valence-electron chi connectivity index (χ4n) is 2.68. The highest BCUT2D eigenvalue weighted by Gasteiger charge is 2.31. The summed E-state index contributed by atoms with van der Waals surface area (Å²) in [6.45, 7) is 5.67. The first-order valence-electron chi connectivity index (χ1n) is 8.71. The Bertz CT molecular complexity index is 560. The van der Waals surface area contributed by atoms with Crippen molar-refractivity contribution in [3.63, 3.8) is 0 Å². The molecular weight excluding hydrogens is 320 g/mol. The van der Waals surface area contributed by atoms with Crippen LogP contribution in [0.25, 0.3) is 0 Å². The number of rotatable bonds is 11. The van der Waals surface area contributed by atoms with E-state index in [1.165, 1.54) is 0 Å². The van der Waals surface area contributed by atoms with Gasteiger partial charge in [-0.3, -0.25) is 19.6 Å². The SMILES string of the molecule is CCCC[C@H](CN(O)C=O)C(=O)[C@@H](NC(=O)c1ccccc1)C(C)C. The van der Waals surface area contributed by atoms with Gasteiger partial charge in [0.15, 0.2) is 5.78 Å². The maximum atomic E-state index is 12.9. The van der Waals surface area contributed by atoms with E-state index in [0.29, 0.717) is 23.5 Å². The molecule has 0 fully saturated rings. The highest BCUT2D eigenvalue weighted by atomic mass is 16.5. The zero-order valence-corrected chi connectivity index (χ0v) is 15.1. The number of ketones is 1. The van der Waals surface area contributed by atoms with E-state index >= 15 is 0 Å². The summed E-state index contributed by atoms with van der Waals surface area (Å²) in [5.74, 6) is -1.09. The fraction of sp³-hybridized carbons (Fsp3) is 0.526. The first-order chi connectivity index (χ1) is 11.9. The normalized spacial score (nSPS) is 13.2. The van der Waals surface area contributed by atoms with Gasteiger partial charge in [0.05, 0.1) is 12.6 Å². The van der Waals surface area contributed by atoms with Crippen LogP contribution in [0.1, 0.15) is 50.4 Å². The van der Waals surface area contributed by atoms with Gasteiger partial charge in [0.1, 0.15) is 0 Å². The average molecular weight is 348 g/mol. The molecule has 0 aromatic heterocycles. The zero-order valence-electron chi connectivity index (χ0n) is 15.1. The number of carbonyl (C=O) groups excluding carboxylic acids is 3. The lowest BCUT2D eigenvalue weighted by atomic mass is 9.87. The molecule has 0 saturated heterocycles. The van der Waals surface area contributed by atoms with Crippen molar-refractivity contribution in [1.29, 1.82) is 0 Å². The van der Waals surface area contributed by atoms with Crippen LogP contribution < -0.4 is 5.32 Å². The maximum Gasteiger partial charge on any atom is 0.251 e. The summed E-state index contributed by atoms with van der Waals surface area (Å²) in [5, 5.41) is 12.8. The number of carbonyl (C=O) groups is 3. The van der Waals surface area contributed by atoms with Gasteiger partial charge in [0.2, 0.25) is 6.41 Å². The third kappa shape index (κ3) is 6.66. The van der Waals surface area contributed by atoms with E-state index in [0.717, 1.165) is 12.8 Å². The summed E-state index contributed by atoms with van der Waals surface area (Å²) >= 11 is 0. The van der Waals surface area contributed by atoms with Gasteiger partial charge in [0.25, 0.3) is 5.91 Å². The van der Waals surface area contributed by atoms with Crippen molar-refractivity contribution >= 4 is 18.1 Å². The highest BCUT2D eigenvalue weighted by Crippen LogP contribution is 2.17. The Kier molecular flexibility index (Phi) is 8.84. The van der Waals surface area contributed by atoms with Gasteiger partial charge in [-0.2, -0.15) is 0 Å². The number of amides is 2. The van der Waals surface area contributed by atoms with Crippen LogP contribution in [0.3, 0.4) is 0 Å². The Morgan fingerprint density at radius 2 is 1.88 bits per heavy atom. The number of Topliss-reactive ketones (excluding diaryl/α,β-unsaturated/α-hetero) is 1. The molecular formula is C19H28N2O4. The fourth-order valence-corrected chi connectivity index (χ4v) is 2.68. The molecule has 0 aliphatic heterocycles. The molecule has 1 rings (SSSR count). The van der Waals surface area contributed by atoms with Crippen molar-refractivity contribution in [2.75, 3.05) is 6.54 Å². The Morgan fingerprint density at radius 3 is 2.40 bits per heavy atom. The van der Waals surface area contributed by atoms with E-state index in [4.69, 9.17) is 0 Å². The topological polar surface area (TPSA) is 86.7 Å². The number of nitrogens with zero attached hydrogens (tertiary/aromatic N) is 1. The Hall–Kier alpha value is -2.21. The van der Waals surface area contributed by atoms with E-state index in [1.54, 1.807) is 24.3 Å². The monoisotopic (exact) mass is 348 g/mol. The summed E-state index contributed by atoms with van der Waals surface area (Å²) in [4.78, 5) is 36.0. The van der Waals surface area contributed by atoms with Gasteiger partial charge in [-0.1, -0.05) is 51.8 Å². The largest absolute Gasteiger partial charge is 0.342 e. The molecule has 25 heavy (non-hydrogen) atoms. The third-order valence-electron chi connectivity index (χ3n) is 4.13. The second-order valence-corrected chi connectivity index (χ2v) is 6.53. The van der Waals surface area contributed by atoms with Crippen molar-refractivity contribution in [3.8, 4) is 0 Å². The summed E-state index contributed by atoms with van der Waals surface area (Å²) in [5.41, 5.74) is 0.489. The minimum atomic E-state index is -0.672. The molecule has 2 amide bonds. The van der Waals surface area contributed by atoms with Crippen molar-refractivity contribution in [3.05, 3.63) is 35.9 Å². The molecule has 0 unspecified atom stereocenters. The summed E-state index contributed by atoms with van der Waals surface area (Å²) in [6, 6.07) is 8.05. The standard InChI is InChI=1S/C19H28N2O4/c1-4-5-9-16(12-21(25)13-22)18(23)17(14(2)3)20-19(24)15-10-7-6-8-11-15/h6-8,10-11,13-14,16-17,25H,4-5,9,12H2,1-3H3,(H,20,24)/t16-,17+/m1/s1. The molecule has 1 aromatic carbocycles. The van der Waals surface area contributed by atoms with Crippen LogP contribution in [0.4, 0.5) is 0 Å². The van der Waals surface area contributed by atoms with Crippen LogP contribution in [0.2, 0.25) is 0 Å². The number of nitrogens with one attached hydrogen (secondary N) is 1. The van der Waals surface area contributed by atoms with Crippen LogP contribution >= 0.6 is 0 Å². The number of hydrogen-bond acceptors (Lipinski definition) is 4. The average Bonchev–Trinajstić information content (AvgIpc) is 2.62. The second-order valence-electron chi connectivity index (χ2n) is 6.53. The van der Waals surface area contributed by atoms with Gasteiger partial charge in [-0.05, 0) is 24.5 Å². The highest BCUT2D eigenvalue weighted by molar-refractivity contribution is 5.98. The molecule has 6 heteroatoms. The lowest BCUT2D eigenvalue weighted by Crippen LogP contribution is -2.48. The molecule has 0 aliphatic rings. The van der Waals surface area contributed by atoms with Crippen molar-refractivity contribution in [1.82, 2.24) is 10.4 Å². The molecule has 2 N–H and O–H groups in total. The van der Waals surface area contributed by atoms with E-state index in [9.17, 15) is 19.6 Å². The van der Waals surface area contributed by atoms with Crippen molar-refractivity contribution in [2.45, 2.75) is 46.1 Å². The quantitative estimate of drug-likeness (QED) is 0.366. The number of hydrogen-bond donors (Lipinski definition) is 2. The predicted octanol–water partition coefficient (Wildman–Crippen LogP) is 2.66. The molecule has 0 saturated carbocycles. The molecule has 0 heterocycles. The van der Waals surface area contributed by atoms with Crippen LogP contribution in [-0.4, -0.2) is 41.0 Å². The van der Waals surface area contributed by atoms with Gasteiger partial charge < -0.3 is 5.32 Å². The molecule has 1 aromatic rings. The van der Waals surface area contributed by atoms with Crippen LogP contribution in [0, 0.1) is 11.8 Å². The Balaban J connectivity index is 2.90. The van der Waals surface area contributed by atoms with Gasteiger partial charge >= 0.3 is 0 Å². The van der Waals surface area contributed by atoms with Gasteiger partial charge in [-0.25, -0.2) is 5.06 Å². The van der Waals surface area contributed by atoms with E-state index in [1.807, 2.05) is 26.8 Å². The lowest BCUT2D eigenvalue weighted by molar-refractivity contribution is -0.154. The van der Waals surface area contributed by atoms with Gasteiger partial charge in [-0.15, -0.1) is 0 Å². The van der Waals surface area contributed by atoms with Crippen LogP contribution in [0.15, 0.2) is 30.3 Å². The smallest absolute Gasteiger partial charge is 0.251 e. The number of hydroxylamine groups is 2. The molecule has 6 nitrogen and oxygen atoms in total. The maximum absolute atomic E-state index is 12.9. The van der Waals surface area contributed by atoms with E-state index in [2.05, 4.69) is 5.32 Å². The van der Waals surface area contributed by atoms with Crippen molar-refractivity contribution in [2.24, 2.45) is 11.8 Å². The Morgan fingerprint density at radius 1 is 1.24 bits per heavy atom. The summed E-state index contributed by atoms with van der Waals surface area (Å²) in [6.07, 6.45) is 2.56. The summed E-state index contributed by atoms with van der Waals surface area (Å²) in [7, 11) is 0. The van der Waals surface area contributed by atoms with Gasteiger partial charge in [0, 0.05) is 11.5 Å². The Labute approximate surface area is 149 Å². The lowest BCUT2D eigenvalue weighted by Gasteiger charge is -2.27. The molecule has 0 aliphatic carbocycles. The predicted molar refractivity (Wildman–Crippen MR) is 95.1 cm³/mol. The zero-order chi connectivity index (χ0) is 18.8. The van der Waals surface area contributed by atoms with Crippen LogP contribution in [0.5, 0.6) is 0 Å². The molecule has 2 atom stereocenters. The first kappa shape index (κ1) is 20.8. The number of unbranched alkanes of at least 4 members (excludes halogenated alkanes) is 1.